The number of nitrogens with one attached hydrogen (secondary N) is 1. The fraction of sp³-hybridized carbons (Fsp3) is 0.400. The Hall–Kier alpha value is -1.81. The molecule has 0 aliphatic heterocycles. The Morgan fingerprint density at radius 2 is 1.95 bits per heavy atom. The van der Waals surface area contributed by atoms with Crippen LogP contribution in [-0.4, -0.2) is 23.5 Å². The van der Waals surface area contributed by atoms with E-state index in [9.17, 15) is 0 Å². The van der Waals surface area contributed by atoms with E-state index < -0.39 is 0 Å². The highest BCUT2D eigenvalue weighted by Crippen LogP contribution is 2.20. The molecular formula is C15H21N3O. The van der Waals surface area contributed by atoms with Crippen LogP contribution in [0.15, 0.2) is 30.3 Å². The first-order chi connectivity index (χ1) is 9.22. The highest BCUT2D eigenvalue weighted by molar-refractivity contribution is 5.52. The maximum atomic E-state index is 5.10. The van der Waals surface area contributed by atoms with Gasteiger partial charge < -0.3 is 10.1 Å². The van der Waals surface area contributed by atoms with Crippen molar-refractivity contribution in [2.24, 2.45) is 0 Å². The summed E-state index contributed by atoms with van der Waals surface area (Å²) in [5.74, 6) is 0. The summed E-state index contributed by atoms with van der Waals surface area (Å²) in [6.45, 7) is 6.40. The van der Waals surface area contributed by atoms with E-state index in [-0.39, 0.29) is 0 Å². The van der Waals surface area contributed by atoms with Gasteiger partial charge in [-0.2, -0.15) is 5.10 Å². The molecule has 102 valence electrons. The summed E-state index contributed by atoms with van der Waals surface area (Å²) < 4.78 is 7.09. The van der Waals surface area contributed by atoms with Crippen molar-refractivity contribution >= 4 is 5.69 Å². The third kappa shape index (κ3) is 3.35. The highest BCUT2D eigenvalue weighted by Gasteiger charge is 2.10. The summed E-state index contributed by atoms with van der Waals surface area (Å²) in [7, 11) is 1.71. The van der Waals surface area contributed by atoms with Crippen molar-refractivity contribution in [2.75, 3.05) is 19.0 Å². The summed E-state index contributed by atoms with van der Waals surface area (Å²) >= 11 is 0. The number of hydrogen-bond donors (Lipinski definition) is 1. The van der Waals surface area contributed by atoms with Gasteiger partial charge in [0, 0.05) is 13.7 Å². The van der Waals surface area contributed by atoms with Crippen molar-refractivity contribution in [1.82, 2.24) is 9.78 Å². The predicted molar refractivity (Wildman–Crippen MR) is 77.3 cm³/mol. The normalized spacial score (nSPS) is 10.7. The van der Waals surface area contributed by atoms with E-state index in [1.165, 1.54) is 5.56 Å². The number of benzene rings is 1. The molecule has 1 aromatic heterocycles. The van der Waals surface area contributed by atoms with Crippen molar-refractivity contribution in [3.63, 3.8) is 0 Å². The second-order valence-corrected chi connectivity index (χ2v) is 4.60. The lowest BCUT2D eigenvalue weighted by molar-refractivity contribution is 0.182. The molecule has 0 spiro atoms. The summed E-state index contributed by atoms with van der Waals surface area (Å²) in [5, 5.41) is 8.00. The maximum absolute atomic E-state index is 5.10. The van der Waals surface area contributed by atoms with Gasteiger partial charge in [0.2, 0.25) is 0 Å². The van der Waals surface area contributed by atoms with Gasteiger partial charge in [0.15, 0.2) is 0 Å². The van der Waals surface area contributed by atoms with Gasteiger partial charge in [0.25, 0.3) is 0 Å². The second kappa shape index (κ2) is 6.38. The lowest BCUT2D eigenvalue weighted by Gasteiger charge is -2.08. The summed E-state index contributed by atoms with van der Waals surface area (Å²) in [6, 6.07) is 10.4. The van der Waals surface area contributed by atoms with Gasteiger partial charge in [-0.25, -0.2) is 0 Å². The standard InChI is InChI=1S/C15H21N3O/c1-12-15(13(2)18(17-12)9-10-19-3)16-11-14-7-5-4-6-8-14/h4-8,16H,9-11H2,1-3H3. The number of anilines is 1. The number of nitrogens with zero attached hydrogens (tertiary/aromatic N) is 2. The molecule has 1 heterocycles. The Bertz CT molecular complexity index is 520. The number of rotatable bonds is 6. The fourth-order valence-electron chi connectivity index (χ4n) is 2.13. The van der Waals surface area contributed by atoms with E-state index in [1.807, 2.05) is 17.7 Å². The first-order valence-electron chi connectivity index (χ1n) is 6.53. The molecule has 0 atom stereocenters. The van der Waals surface area contributed by atoms with Crippen LogP contribution in [0.1, 0.15) is 17.0 Å². The largest absolute Gasteiger partial charge is 0.383 e. The van der Waals surface area contributed by atoms with Crippen LogP contribution in [0.5, 0.6) is 0 Å². The molecule has 0 fully saturated rings. The van der Waals surface area contributed by atoms with E-state index in [0.717, 1.165) is 30.2 Å². The van der Waals surface area contributed by atoms with Crippen LogP contribution < -0.4 is 5.32 Å². The fourth-order valence-corrected chi connectivity index (χ4v) is 2.13. The van der Waals surface area contributed by atoms with E-state index in [4.69, 9.17) is 4.74 Å². The topological polar surface area (TPSA) is 39.1 Å². The van der Waals surface area contributed by atoms with Crippen molar-refractivity contribution < 1.29 is 4.74 Å². The molecule has 1 aromatic carbocycles. The number of aryl methyl sites for hydroxylation is 1. The molecule has 0 aliphatic rings. The Morgan fingerprint density at radius 1 is 1.21 bits per heavy atom. The van der Waals surface area contributed by atoms with E-state index in [2.05, 4.69) is 41.6 Å². The molecular weight excluding hydrogens is 238 g/mol. The third-order valence-electron chi connectivity index (χ3n) is 3.20. The van der Waals surface area contributed by atoms with Crippen LogP contribution in [0.4, 0.5) is 5.69 Å². The van der Waals surface area contributed by atoms with Crippen molar-refractivity contribution in [2.45, 2.75) is 26.9 Å². The van der Waals surface area contributed by atoms with Gasteiger partial charge in [-0.05, 0) is 19.4 Å². The molecule has 1 N–H and O–H groups in total. The quantitative estimate of drug-likeness (QED) is 0.867. The molecule has 2 rings (SSSR count). The van der Waals surface area contributed by atoms with E-state index in [1.54, 1.807) is 7.11 Å². The molecule has 0 amide bonds. The molecule has 0 bridgehead atoms. The summed E-state index contributed by atoms with van der Waals surface area (Å²) in [6.07, 6.45) is 0. The Kier molecular flexibility index (Phi) is 4.58. The average Bonchev–Trinajstić information content (AvgIpc) is 2.70. The minimum atomic E-state index is 0.681. The summed E-state index contributed by atoms with van der Waals surface area (Å²) in [5.41, 5.74) is 4.58. The molecule has 0 aliphatic carbocycles. The Morgan fingerprint density at radius 3 is 2.63 bits per heavy atom. The lowest BCUT2D eigenvalue weighted by atomic mass is 10.2. The smallest absolute Gasteiger partial charge is 0.0828 e. The van der Waals surface area contributed by atoms with E-state index in [0.29, 0.717) is 6.61 Å². The average molecular weight is 259 g/mol. The Labute approximate surface area is 114 Å². The monoisotopic (exact) mass is 259 g/mol. The minimum Gasteiger partial charge on any atom is -0.383 e. The van der Waals surface area contributed by atoms with Crippen LogP contribution in [0, 0.1) is 13.8 Å². The number of aromatic nitrogens is 2. The van der Waals surface area contributed by atoms with Gasteiger partial charge in [0.1, 0.15) is 0 Å². The van der Waals surface area contributed by atoms with Gasteiger partial charge in [-0.15, -0.1) is 0 Å². The molecule has 19 heavy (non-hydrogen) atoms. The number of methoxy groups -OCH3 is 1. The van der Waals surface area contributed by atoms with Crippen LogP contribution in [0.25, 0.3) is 0 Å². The van der Waals surface area contributed by atoms with Crippen LogP contribution >= 0.6 is 0 Å². The Balaban J connectivity index is 2.06. The molecule has 2 aromatic rings. The molecule has 0 saturated heterocycles. The van der Waals surface area contributed by atoms with Gasteiger partial charge in [-0.3, -0.25) is 4.68 Å². The maximum Gasteiger partial charge on any atom is 0.0828 e. The summed E-state index contributed by atoms with van der Waals surface area (Å²) in [4.78, 5) is 0. The number of ether oxygens (including phenoxy) is 1. The van der Waals surface area contributed by atoms with Crippen LogP contribution in [0.2, 0.25) is 0 Å². The van der Waals surface area contributed by atoms with Gasteiger partial charge >= 0.3 is 0 Å². The zero-order valence-electron chi connectivity index (χ0n) is 11.8. The number of hydrogen-bond acceptors (Lipinski definition) is 3. The molecule has 4 nitrogen and oxygen atoms in total. The van der Waals surface area contributed by atoms with Crippen molar-refractivity contribution in [3.05, 3.63) is 47.3 Å². The molecule has 0 radical (unpaired) electrons. The zero-order valence-corrected chi connectivity index (χ0v) is 11.8. The first-order valence-corrected chi connectivity index (χ1v) is 6.53. The highest BCUT2D eigenvalue weighted by atomic mass is 16.5. The first kappa shape index (κ1) is 13.6. The SMILES string of the molecule is COCCn1nc(C)c(NCc2ccccc2)c1C. The van der Waals surface area contributed by atoms with Crippen molar-refractivity contribution in [3.8, 4) is 0 Å². The van der Waals surface area contributed by atoms with E-state index >= 15 is 0 Å². The third-order valence-corrected chi connectivity index (χ3v) is 3.20. The molecule has 0 saturated carbocycles. The lowest BCUT2D eigenvalue weighted by Crippen LogP contribution is -2.08. The van der Waals surface area contributed by atoms with Crippen molar-refractivity contribution in [1.29, 1.82) is 0 Å². The predicted octanol–water partition coefficient (Wildman–Crippen LogP) is 2.76. The van der Waals surface area contributed by atoms with Crippen LogP contribution in [-0.2, 0) is 17.8 Å². The molecule has 0 unspecified atom stereocenters. The van der Waals surface area contributed by atoms with Crippen LogP contribution in [0.3, 0.4) is 0 Å². The second-order valence-electron chi connectivity index (χ2n) is 4.60. The molecule has 4 heteroatoms. The van der Waals surface area contributed by atoms with Gasteiger partial charge in [-0.1, -0.05) is 30.3 Å². The van der Waals surface area contributed by atoms with Gasteiger partial charge in [0.05, 0.1) is 30.2 Å². The minimum absolute atomic E-state index is 0.681. The zero-order chi connectivity index (χ0) is 13.7.